The van der Waals surface area contributed by atoms with E-state index in [0.29, 0.717) is 19.4 Å². The van der Waals surface area contributed by atoms with Crippen LogP contribution in [-0.4, -0.2) is 234 Å². The lowest BCUT2D eigenvalue weighted by atomic mass is 9.30. The predicted octanol–water partition coefficient (Wildman–Crippen LogP) is -1.71. The van der Waals surface area contributed by atoms with Gasteiger partial charge in [-0.15, -0.1) is 0 Å². The first-order valence-corrected chi connectivity index (χ1v) is 27.7. The molecule has 0 radical (unpaired) electrons. The zero-order chi connectivity index (χ0) is 54.3. The van der Waals surface area contributed by atoms with E-state index in [1.165, 1.54) is 6.92 Å². The van der Waals surface area contributed by atoms with Gasteiger partial charge in [-0.05, 0) is 111 Å². The molecule has 10 rings (SSSR count). The zero-order valence-electron chi connectivity index (χ0n) is 44.5. The lowest BCUT2D eigenvalue weighted by molar-refractivity contribution is -0.394. The summed E-state index contributed by atoms with van der Waals surface area (Å²) in [6.07, 6.45) is -23.9. The molecule has 5 heterocycles. The first-order chi connectivity index (χ1) is 35.2. The number of hydrogen-bond acceptors (Lipinski definition) is 22. The Hall–Kier alpha value is -0.880. The summed E-state index contributed by atoms with van der Waals surface area (Å²) in [6.45, 7) is 13.9. The Bertz CT molecular complexity index is 2020. The molecule has 30 atom stereocenters. The van der Waals surface area contributed by atoms with Gasteiger partial charge in [0.1, 0.15) is 85.5 Å². The molecule has 2 bridgehead atoms. The van der Waals surface area contributed by atoms with Gasteiger partial charge >= 0.3 is 0 Å². The fraction of sp³-hybridized carbons (Fsp3) is 1.00. The van der Waals surface area contributed by atoms with E-state index in [1.807, 2.05) is 0 Å². The first kappa shape index (κ1) is 57.4. The summed E-state index contributed by atoms with van der Waals surface area (Å²) < 4.78 is 56.3. The van der Waals surface area contributed by atoms with E-state index in [4.69, 9.17) is 42.6 Å². The van der Waals surface area contributed by atoms with Crippen LogP contribution in [0.4, 0.5) is 0 Å². The third-order valence-electron chi connectivity index (χ3n) is 22.5. The van der Waals surface area contributed by atoms with Gasteiger partial charge in [0.15, 0.2) is 25.2 Å². The highest BCUT2D eigenvalue weighted by Gasteiger charge is 2.80. The molecule has 10 aliphatic rings. The molecule has 0 aromatic rings. The van der Waals surface area contributed by atoms with Gasteiger partial charge in [0.25, 0.3) is 0 Å². The zero-order valence-corrected chi connectivity index (χ0v) is 44.5. The summed E-state index contributed by atoms with van der Waals surface area (Å²) in [5.41, 5.74) is -2.16. The van der Waals surface area contributed by atoms with Crippen molar-refractivity contribution in [2.45, 2.75) is 247 Å². The molecular weight excluding hydrogens is 989 g/mol. The van der Waals surface area contributed by atoms with Gasteiger partial charge in [-0.25, -0.2) is 0 Å². The molecule has 0 aromatic carbocycles. The van der Waals surface area contributed by atoms with Gasteiger partial charge in [-0.3, -0.25) is 0 Å². The number of aliphatic hydroxyl groups excluding tert-OH is 13. The van der Waals surface area contributed by atoms with Gasteiger partial charge in [0.05, 0.1) is 50.3 Å². The molecule has 13 N–H and O–H groups in total. The molecule has 22 nitrogen and oxygen atoms in total. The number of hydrogen-bond donors (Lipinski definition) is 13. The van der Waals surface area contributed by atoms with E-state index in [1.54, 1.807) is 0 Å². The third-order valence-corrected chi connectivity index (χ3v) is 22.5. The average molecular weight is 1080 g/mol. The van der Waals surface area contributed by atoms with Crippen molar-refractivity contribution in [2.75, 3.05) is 33.0 Å². The molecule has 0 amide bonds. The molecule has 5 aliphatic heterocycles. The molecule has 5 saturated heterocycles. The third kappa shape index (κ3) is 8.62. The van der Waals surface area contributed by atoms with Crippen LogP contribution in [-0.2, 0) is 42.6 Å². The lowest BCUT2D eigenvalue weighted by Gasteiger charge is -2.75. The van der Waals surface area contributed by atoms with E-state index < -0.39 is 160 Å². The Morgan fingerprint density at radius 3 is 1.77 bits per heavy atom. The fourth-order valence-electron chi connectivity index (χ4n) is 17.7. The number of fused-ring (bicyclic) bond motifs is 4. The molecule has 10 fully saturated rings. The van der Waals surface area contributed by atoms with Crippen molar-refractivity contribution in [2.24, 2.45) is 50.2 Å². The van der Waals surface area contributed by atoms with Crippen LogP contribution < -0.4 is 0 Å². The number of rotatable bonds is 11. The topological polar surface area (TPSA) is 346 Å². The molecule has 22 heteroatoms. The van der Waals surface area contributed by atoms with Crippen molar-refractivity contribution in [3.63, 3.8) is 0 Å². The van der Waals surface area contributed by atoms with Crippen LogP contribution in [0.5, 0.6) is 0 Å². The van der Waals surface area contributed by atoms with Crippen molar-refractivity contribution in [1.82, 2.24) is 0 Å². The van der Waals surface area contributed by atoms with Crippen molar-refractivity contribution >= 4 is 0 Å². The van der Waals surface area contributed by atoms with Crippen molar-refractivity contribution in [3.8, 4) is 0 Å². The second-order valence-corrected chi connectivity index (χ2v) is 26.4. The smallest absolute Gasteiger partial charge is 0.187 e. The molecule has 1 spiro atoms. The van der Waals surface area contributed by atoms with E-state index in [2.05, 4.69) is 41.5 Å². The fourth-order valence-corrected chi connectivity index (χ4v) is 17.7. The molecule has 0 aromatic heterocycles. The minimum atomic E-state index is -1.88. The minimum Gasteiger partial charge on any atom is -0.396 e. The van der Waals surface area contributed by atoms with Gasteiger partial charge in [-0.2, -0.15) is 0 Å². The molecule has 75 heavy (non-hydrogen) atoms. The standard InChI is InChI=1S/C53H88O22/c1-23-32(58)36(62)39(65)43(69-23)75-42-38(64)34(60)25(19-55)71-46(42)72-26-20-67-45(41(35(26)61)74-44-40(66)37(63)33(59)24(18-54)70-44)73-31-10-11-49(5)27(47(31,2)3)8-12-50(6)28(49)9-13-53-29-16-48(4,21-56)14-15-52(29,22-68-53)30(57)17-51(50,53)7/h23-46,54-66H,8-22H2,1-7H3/t23-,24+,25+,26-,27-,28+,29+,30+,31-,32-,33+,34+,35-,36+,37-,38-,39+,40+,41+,42+,43-,44-,45-,46-,48+,49-,50+,51-,52+,53-/m0/s1. The van der Waals surface area contributed by atoms with Crippen molar-refractivity contribution in [1.29, 1.82) is 0 Å². The van der Waals surface area contributed by atoms with Gasteiger partial charge < -0.3 is 109 Å². The molecule has 0 unspecified atom stereocenters. The Labute approximate surface area is 438 Å². The molecule has 5 aliphatic carbocycles. The average Bonchev–Trinajstić information content (AvgIpc) is 3.66. The van der Waals surface area contributed by atoms with Crippen molar-refractivity contribution < 1.29 is 109 Å². The molecule has 432 valence electrons. The second-order valence-electron chi connectivity index (χ2n) is 26.4. The Morgan fingerprint density at radius 1 is 0.520 bits per heavy atom. The van der Waals surface area contributed by atoms with Crippen LogP contribution in [0.25, 0.3) is 0 Å². The van der Waals surface area contributed by atoms with Crippen LogP contribution in [0, 0.1) is 50.2 Å². The maximum atomic E-state index is 12.4. The van der Waals surface area contributed by atoms with Gasteiger partial charge in [-0.1, -0.05) is 41.5 Å². The molecular formula is C53H88O22. The summed E-state index contributed by atoms with van der Waals surface area (Å²) in [4.78, 5) is 0. The van der Waals surface area contributed by atoms with E-state index >= 15 is 0 Å². The number of aliphatic hydroxyl groups is 13. The summed E-state index contributed by atoms with van der Waals surface area (Å²) in [6, 6.07) is 0. The summed E-state index contributed by atoms with van der Waals surface area (Å²) in [5, 5.41) is 142. The summed E-state index contributed by atoms with van der Waals surface area (Å²) in [7, 11) is 0. The first-order valence-electron chi connectivity index (χ1n) is 27.7. The van der Waals surface area contributed by atoms with Crippen LogP contribution in [0.3, 0.4) is 0 Å². The monoisotopic (exact) mass is 1080 g/mol. The Kier molecular flexibility index (Phi) is 15.5. The SMILES string of the molecule is C[C@@H]1O[C@@H](O[C@H]2[C@H](O[C@H]3CO[C@@H](O[C@H]4CC[C@]5(C)[C@H]6CC[C@]78OC[C@@]9(CC[C@@](C)(CO)C[C@H]97)[C@H](O)C[C@@]8(C)[C@]6(C)CC[C@H]5C4(C)C)[C@H](O[C@@H]4O[C@H](CO)[C@@H](O)[C@H](O)[C@H]4O)[C@H]3O)O[C@H](CO)[C@@H](O)[C@@H]2O)[C@H](O)[C@H](O)[C@H]1O. The van der Waals surface area contributed by atoms with E-state index in [9.17, 15) is 66.4 Å². The van der Waals surface area contributed by atoms with Crippen LogP contribution in [0.15, 0.2) is 0 Å². The lowest BCUT2D eigenvalue weighted by Crippen LogP contribution is -2.74. The highest BCUT2D eigenvalue weighted by Crippen LogP contribution is 2.80. The Balaban J connectivity index is 0.901. The second kappa shape index (κ2) is 20.2. The quantitative estimate of drug-likeness (QED) is 0.102. The molecule has 5 saturated carbocycles. The maximum Gasteiger partial charge on any atom is 0.187 e. The van der Waals surface area contributed by atoms with Crippen LogP contribution in [0.2, 0.25) is 0 Å². The maximum absolute atomic E-state index is 12.4. The van der Waals surface area contributed by atoms with E-state index in [0.717, 1.165) is 51.4 Å². The van der Waals surface area contributed by atoms with Crippen molar-refractivity contribution in [3.05, 3.63) is 0 Å². The van der Waals surface area contributed by atoms with Crippen LogP contribution in [0.1, 0.15) is 113 Å². The highest BCUT2D eigenvalue weighted by atomic mass is 16.8. The van der Waals surface area contributed by atoms with Gasteiger partial charge in [0.2, 0.25) is 0 Å². The van der Waals surface area contributed by atoms with Crippen LogP contribution >= 0.6 is 0 Å². The van der Waals surface area contributed by atoms with E-state index in [-0.39, 0.29) is 51.4 Å². The summed E-state index contributed by atoms with van der Waals surface area (Å²) in [5.74, 6) is 0.556. The van der Waals surface area contributed by atoms with Gasteiger partial charge in [0, 0.05) is 17.4 Å². The Morgan fingerprint density at radius 2 is 1.12 bits per heavy atom. The predicted molar refractivity (Wildman–Crippen MR) is 256 cm³/mol. The largest absolute Gasteiger partial charge is 0.396 e. The minimum absolute atomic E-state index is 0.108. The summed E-state index contributed by atoms with van der Waals surface area (Å²) >= 11 is 0. The highest BCUT2D eigenvalue weighted by molar-refractivity contribution is 5.28. The normalized spacial score (nSPS) is 58.6. The number of ether oxygens (including phenoxy) is 9.